The number of rotatable bonds is 2. The molecule has 1 amide bonds. The molecule has 124 valence electrons. The summed E-state index contributed by atoms with van der Waals surface area (Å²) >= 11 is 1.07. The van der Waals surface area contributed by atoms with E-state index in [9.17, 15) is 26.4 Å². The summed E-state index contributed by atoms with van der Waals surface area (Å²) in [5.41, 5.74) is 0.764. The molecular weight excluding hydrogens is 355 g/mol. The SMILES string of the molecule is O=C(NCC(F)(F)F)c1ccc2c(c1)SC1=NS(=O)(=O)CCN12. The van der Waals surface area contributed by atoms with Crippen molar-refractivity contribution in [2.45, 2.75) is 11.1 Å². The number of anilines is 1. The number of amidine groups is 1. The summed E-state index contributed by atoms with van der Waals surface area (Å²) in [6.07, 6.45) is -4.48. The fourth-order valence-corrected chi connectivity index (χ4v) is 4.45. The largest absolute Gasteiger partial charge is 0.405 e. The molecule has 23 heavy (non-hydrogen) atoms. The number of amides is 1. The topological polar surface area (TPSA) is 78.8 Å². The third-order valence-electron chi connectivity index (χ3n) is 3.18. The van der Waals surface area contributed by atoms with Crippen LogP contribution in [0.25, 0.3) is 0 Å². The number of nitrogens with zero attached hydrogens (tertiary/aromatic N) is 2. The van der Waals surface area contributed by atoms with Crippen LogP contribution in [-0.4, -0.2) is 44.5 Å². The molecule has 0 aliphatic carbocycles. The van der Waals surface area contributed by atoms with Gasteiger partial charge in [-0.1, -0.05) is 0 Å². The van der Waals surface area contributed by atoms with E-state index in [0.29, 0.717) is 15.8 Å². The van der Waals surface area contributed by atoms with Gasteiger partial charge in [0.15, 0.2) is 5.17 Å². The lowest BCUT2D eigenvalue weighted by Crippen LogP contribution is -2.35. The van der Waals surface area contributed by atoms with Gasteiger partial charge >= 0.3 is 6.18 Å². The van der Waals surface area contributed by atoms with E-state index in [1.807, 2.05) is 0 Å². The van der Waals surface area contributed by atoms with Crippen molar-refractivity contribution in [3.05, 3.63) is 23.8 Å². The average Bonchev–Trinajstić information content (AvgIpc) is 2.78. The van der Waals surface area contributed by atoms with Crippen LogP contribution in [0.5, 0.6) is 0 Å². The van der Waals surface area contributed by atoms with Crippen molar-refractivity contribution in [1.82, 2.24) is 5.32 Å². The molecule has 2 aliphatic heterocycles. The maximum atomic E-state index is 12.1. The van der Waals surface area contributed by atoms with Gasteiger partial charge in [0.2, 0.25) is 0 Å². The molecule has 11 heteroatoms. The Morgan fingerprint density at radius 3 is 2.83 bits per heavy atom. The molecule has 2 aliphatic rings. The number of sulfonamides is 1. The van der Waals surface area contributed by atoms with Crippen LogP contribution in [-0.2, 0) is 10.0 Å². The maximum Gasteiger partial charge on any atom is 0.405 e. The van der Waals surface area contributed by atoms with Crippen LogP contribution in [0.2, 0.25) is 0 Å². The molecule has 0 fully saturated rings. The van der Waals surface area contributed by atoms with Crippen LogP contribution in [0.3, 0.4) is 0 Å². The van der Waals surface area contributed by atoms with Gasteiger partial charge in [0.25, 0.3) is 15.9 Å². The molecular formula is C12H10F3N3O3S2. The number of thioether (sulfide) groups is 1. The highest BCUT2D eigenvalue weighted by atomic mass is 32.2. The second kappa shape index (κ2) is 5.41. The summed E-state index contributed by atoms with van der Waals surface area (Å²) < 4.78 is 63.0. The summed E-state index contributed by atoms with van der Waals surface area (Å²) in [6, 6.07) is 4.40. The van der Waals surface area contributed by atoms with E-state index >= 15 is 0 Å². The number of carbonyl (C=O) groups excluding carboxylic acids is 1. The van der Waals surface area contributed by atoms with E-state index in [1.54, 1.807) is 16.3 Å². The number of benzene rings is 1. The van der Waals surface area contributed by atoms with Crippen LogP contribution in [0.1, 0.15) is 10.4 Å². The van der Waals surface area contributed by atoms with Crippen molar-refractivity contribution in [2.75, 3.05) is 23.7 Å². The normalized spacial score (nSPS) is 18.9. The van der Waals surface area contributed by atoms with Crippen molar-refractivity contribution in [3.63, 3.8) is 0 Å². The van der Waals surface area contributed by atoms with E-state index in [-0.39, 0.29) is 17.9 Å². The Labute approximate surface area is 133 Å². The van der Waals surface area contributed by atoms with Gasteiger partial charge in [-0.15, -0.1) is 4.40 Å². The molecule has 0 bridgehead atoms. The van der Waals surface area contributed by atoms with Crippen LogP contribution in [0.4, 0.5) is 18.9 Å². The molecule has 1 aromatic rings. The summed E-state index contributed by atoms with van der Waals surface area (Å²) in [5.74, 6) is -0.949. The molecule has 3 rings (SSSR count). The van der Waals surface area contributed by atoms with Gasteiger partial charge in [-0.3, -0.25) is 4.79 Å². The number of alkyl halides is 3. The van der Waals surface area contributed by atoms with Crippen molar-refractivity contribution in [3.8, 4) is 0 Å². The molecule has 0 radical (unpaired) electrons. The van der Waals surface area contributed by atoms with E-state index in [2.05, 4.69) is 4.40 Å². The van der Waals surface area contributed by atoms with E-state index in [4.69, 9.17) is 0 Å². The van der Waals surface area contributed by atoms with Gasteiger partial charge < -0.3 is 10.2 Å². The van der Waals surface area contributed by atoms with Gasteiger partial charge in [-0.2, -0.15) is 13.2 Å². The fraction of sp³-hybridized carbons (Fsp3) is 0.333. The Hall–Kier alpha value is -1.75. The second-order valence-electron chi connectivity index (χ2n) is 4.89. The third kappa shape index (κ3) is 3.44. The molecule has 0 atom stereocenters. The number of hydrogen-bond donors (Lipinski definition) is 1. The lowest BCUT2D eigenvalue weighted by molar-refractivity contribution is -0.123. The van der Waals surface area contributed by atoms with Crippen molar-refractivity contribution in [2.24, 2.45) is 4.40 Å². The van der Waals surface area contributed by atoms with Gasteiger partial charge in [0.1, 0.15) is 6.54 Å². The summed E-state index contributed by atoms with van der Waals surface area (Å²) in [5, 5.41) is 2.08. The number of fused-ring (bicyclic) bond motifs is 3. The van der Waals surface area contributed by atoms with Crippen molar-refractivity contribution < 1.29 is 26.4 Å². The predicted octanol–water partition coefficient (Wildman–Crippen LogP) is 1.59. The van der Waals surface area contributed by atoms with E-state index in [1.165, 1.54) is 12.1 Å². The highest BCUT2D eigenvalue weighted by molar-refractivity contribution is 8.15. The maximum absolute atomic E-state index is 12.1. The smallest absolute Gasteiger partial charge is 0.343 e. The highest BCUT2D eigenvalue weighted by Crippen LogP contribution is 2.42. The molecule has 2 heterocycles. The molecule has 0 aromatic heterocycles. The van der Waals surface area contributed by atoms with Crippen molar-refractivity contribution >= 4 is 38.5 Å². The number of halogens is 3. The number of hydrogen-bond acceptors (Lipinski definition) is 5. The minimum atomic E-state index is -4.48. The third-order valence-corrected chi connectivity index (χ3v) is 5.49. The molecule has 0 spiro atoms. The molecule has 6 nitrogen and oxygen atoms in total. The van der Waals surface area contributed by atoms with E-state index in [0.717, 1.165) is 11.8 Å². The van der Waals surface area contributed by atoms with Gasteiger partial charge in [0.05, 0.1) is 11.4 Å². The van der Waals surface area contributed by atoms with E-state index < -0.39 is 28.7 Å². The van der Waals surface area contributed by atoms with Crippen LogP contribution in [0.15, 0.2) is 27.5 Å². The highest BCUT2D eigenvalue weighted by Gasteiger charge is 2.34. The first kappa shape index (κ1) is 16.1. The Bertz CT molecular complexity index is 806. The van der Waals surface area contributed by atoms with Crippen molar-refractivity contribution in [1.29, 1.82) is 0 Å². The zero-order chi connectivity index (χ0) is 16.8. The Morgan fingerprint density at radius 1 is 1.39 bits per heavy atom. The zero-order valence-electron chi connectivity index (χ0n) is 11.4. The number of carbonyl (C=O) groups is 1. The minimum Gasteiger partial charge on any atom is -0.343 e. The molecule has 1 N–H and O–H groups in total. The average molecular weight is 365 g/mol. The summed E-state index contributed by atoms with van der Waals surface area (Å²) in [6.45, 7) is -1.16. The molecule has 1 aromatic carbocycles. The Balaban J connectivity index is 1.82. The quantitative estimate of drug-likeness (QED) is 0.861. The minimum absolute atomic E-state index is 0.0730. The summed E-state index contributed by atoms with van der Waals surface area (Å²) in [4.78, 5) is 14.0. The van der Waals surface area contributed by atoms with Gasteiger partial charge in [-0.05, 0) is 30.0 Å². The monoisotopic (exact) mass is 365 g/mol. The molecule has 0 saturated carbocycles. The molecule has 0 unspecified atom stereocenters. The van der Waals surface area contributed by atoms with Crippen LogP contribution >= 0.6 is 11.8 Å². The van der Waals surface area contributed by atoms with Crippen LogP contribution in [0, 0.1) is 0 Å². The standard InChI is InChI=1S/C12H10F3N3O3S2/c13-12(14,15)6-16-10(19)7-1-2-8-9(5-7)22-11-17-23(20,21)4-3-18(8)11/h1-2,5H,3-4,6H2,(H,16,19). The number of nitrogens with one attached hydrogen (secondary N) is 1. The fourth-order valence-electron chi connectivity index (χ4n) is 2.15. The zero-order valence-corrected chi connectivity index (χ0v) is 13.1. The predicted molar refractivity (Wildman–Crippen MR) is 79.3 cm³/mol. The lowest BCUT2D eigenvalue weighted by Gasteiger charge is -2.22. The van der Waals surface area contributed by atoms with Crippen LogP contribution < -0.4 is 10.2 Å². The van der Waals surface area contributed by atoms with Gasteiger partial charge in [-0.25, -0.2) is 8.42 Å². The molecule has 0 saturated heterocycles. The lowest BCUT2D eigenvalue weighted by atomic mass is 10.2. The first-order valence-electron chi connectivity index (χ1n) is 6.42. The summed E-state index contributed by atoms with van der Waals surface area (Å²) in [7, 11) is -3.48. The first-order chi connectivity index (χ1) is 10.6. The second-order valence-corrected chi connectivity index (χ2v) is 7.66. The Morgan fingerprint density at radius 2 is 2.13 bits per heavy atom. The van der Waals surface area contributed by atoms with Gasteiger partial charge in [0, 0.05) is 17.0 Å². The first-order valence-corrected chi connectivity index (χ1v) is 8.84. The Kier molecular flexibility index (Phi) is 3.79.